The van der Waals surface area contributed by atoms with E-state index in [-0.39, 0.29) is 5.91 Å². The van der Waals surface area contributed by atoms with Crippen molar-refractivity contribution in [2.45, 2.75) is 46.0 Å². The highest BCUT2D eigenvalue weighted by molar-refractivity contribution is 5.91. The Hall–Kier alpha value is -1.84. The number of nitrogens with zero attached hydrogens (tertiary/aromatic N) is 1. The summed E-state index contributed by atoms with van der Waals surface area (Å²) in [7, 11) is 2.71. The Kier molecular flexibility index (Phi) is 6.40. The smallest absolute Gasteiger partial charge is 0.415 e. The number of amides is 2. The highest BCUT2D eigenvalue weighted by Gasteiger charge is 2.16. The lowest BCUT2D eigenvalue weighted by atomic mass is 9.96. The summed E-state index contributed by atoms with van der Waals surface area (Å²) >= 11 is 0. The number of carbonyl (C=O) groups is 2. The van der Waals surface area contributed by atoms with Gasteiger partial charge in [0.1, 0.15) is 0 Å². The van der Waals surface area contributed by atoms with Gasteiger partial charge in [-0.15, -0.1) is 0 Å². The molecule has 0 aromatic heterocycles. The summed E-state index contributed by atoms with van der Waals surface area (Å²) < 4.78 is 4.52. The molecule has 1 aromatic rings. The van der Waals surface area contributed by atoms with E-state index in [1.807, 2.05) is 0 Å². The average Bonchev–Trinajstić information content (AvgIpc) is 2.44. The molecule has 0 spiro atoms. The Morgan fingerprint density at radius 3 is 2.48 bits per heavy atom. The number of hydrogen-bond acceptors (Lipinski definition) is 3. The van der Waals surface area contributed by atoms with Crippen LogP contribution in [0.15, 0.2) is 18.2 Å². The minimum atomic E-state index is -0.613. The average molecular weight is 291 g/mol. The first kappa shape index (κ1) is 17.2. The lowest BCUT2D eigenvalue weighted by Gasteiger charge is -2.14. The van der Waals surface area contributed by atoms with Gasteiger partial charge in [0.25, 0.3) is 0 Å². The zero-order valence-corrected chi connectivity index (χ0v) is 13.6. The quantitative estimate of drug-likeness (QED) is 0.831. The van der Waals surface area contributed by atoms with Crippen LogP contribution in [0.3, 0.4) is 0 Å². The Morgan fingerprint density at radius 1 is 1.24 bits per heavy atom. The van der Waals surface area contributed by atoms with Crippen LogP contribution in [-0.2, 0) is 16.0 Å². The Bertz CT molecular complexity index is 509. The molecule has 0 atom stereocenters. The summed E-state index contributed by atoms with van der Waals surface area (Å²) in [6.07, 6.45) is 1.29. The van der Waals surface area contributed by atoms with Gasteiger partial charge < -0.3 is 4.74 Å². The fourth-order valence-electron chi connectivity index (χ4n) is 2.22. The number of aryl methyl sites for hydroxylation is 2. The monoisotopic (exact) mass is 291 g/mol. The van der Waals surface area contributed by atoms with Crippen LogP contribution in [0.25, 0.3) is 0 Å². The molecule has 0 bridgehead atoms. The first-order valence-corrected chi connectivity index (χ1v) is 7.30. The molecule has 1 rings (SSSR count). The molecule has 0 aliphatic rings. The number of carbonyl (C=O) groups excluding carboxylic acids is 2. The molecule has 0 heterocycles. The summed E-state index contributed by atoms with van der Waals surface area (Å²) in [5.74, 6) is 0.286. The standard InChI is InChI=1S/C17H25NO3/c1-12(2)15-10-13(3)9-14(11-15)7-6-8-16(19)18(4)17(20)21-5/h9-12H,6-8H2,1-5H3. The molecule has 4 nitrogen and oxygen atoms in total. The molecule has 0 aliphatic carbocycles. The van der Waals surface area contributed by atoms with Crippen LogP contribution in [0.1, 0.15) is 49.3 Å². The zero-order valence-electron chi connectivity index (χ0n) is 13.6. The van der Waals surface area contributed by atoms with Gasteiger partial charge in [-0.3, -0.25) is 9.69 Å². The van der Waals surface area contributed by atoms with Crippen molar-refractivity contribution in [3.05, 3.63) is 34.9 Å². The molecule has 0 N–H and O–H groups in total. The summed E-state index contributed by atoms with van der Waals surface area (Å²) in [6, 6.07) is 6.55. The van der Waals surface area contributed by atoms with Gasteiger partial charge in [0.2, 0.25) is 5.91 Å². The van der Waals surface area contributed by atoms with Gasteiger partial charge in [-0.05, 0) is 36.8 Å². The van der Waals surface area contributed by atoms with Gasteiger partial charge in [0.05, 0.1) is 7.11 Å². The predicted octanol–water partition coefficient (Wildman–Crippen LogP) is 3.67. The first-order valence-electron chi connectivity index (χ1n) is 7.30. The normalized spacial score (nSPS) is 10.6. The fourth-order valence-corrected chi connectivity index (χ4v) is 2.22. The van der Waals surface area contributed by atoms with E-state index in [4.69, 9.17) is 0 Å². The molecule has 21 heavy (non-hydrogen) atoms. The summed E-state index contributed by atoms with van der Waals surface area (Å²) in [5.41, 5.74) is 3.81. The molecule has 0 saturated heterocycles. The van der Waals surface area contributed by atoms with Gasteiger partial charge in [0, 0.05) is 13.5 Å². The molecule has 1 aromatic carbocycles. The molecule has 4 heteroatoms. The maximum absolute atomic E-state index is 11.8. The minimum absolute atomic E-state index is 0.210. The van der Waals surface area contributed by atoms with Crippen LogP contribution in [0.5, 0.6) is 0 Å². The number of hydrogen-bond donors (Lipinski definition) is 0. The Morgan fingerprint density at radius 2 is 1.90 bits per heavy atom. The molecule has 2 amide bonds. The molecule has 116 valence electrons. The van der Waals surface area contributed by atoms with Crippen molar-refractivity contribution in [1.29, 1.82) is 0 Å². The Balaban J connectivity index is 2.56. The first-order chi connectivity index (χ1) is 9.85. The maximum Gasteiger partial charge on any atom is 0.415 e. The van der Waals surface area contributed by atoms with Crippen molar-refractivity contribution in [2.24, 2.45) is 0 Å². The van der Waals surface area contributed by atoms with Crippen molar-refractivity contribution in [3.8, 4) is 0 Å². The molecular weight excluding hydrogens is 266 g/mol. The fraction of sp³-hybridized carbons (Fsp3) is 0.529. The topological polar surface area (TPSA) is 46.6 Å². The molecule has 0 aliphatic heterocycles. The van der Waals surface area contributed by atoms with Crippen molar-refractivity contribution in [1.82, 2.24) is 4.90 Å². The van der Waals surface area contributed by atoms with Crippen LogP contribution in [0.4, 0.5) is 4.79 Å². The SMILES string of the molecule is COC(=O)N(C)C(=O)CCCc1cc(C)cc(C(C)C)c1. The lowest BCUT2D eigenvalue weighted by Crippen LogP contribution is -2.32. The third-order valence-electron chi connectivity index (χ3n) is 3.50. The zero-order chi connectivity index (χ0) is 16.0. The van der Waals surface area contributed by atoms with Crippen molar-refractivity contribution < 1.29 is 14.3 Å². The number of methoxy groups -OCH3 is 1. The number of rotatable bonds is 5. The van der Waals surface area contributed by atoms with Crippen LogP contribution >= 0.6 is 0 Å². The predicted molar refractivity (Wildman–Crippen MR) is 83.4 cm³/mol. The minimum Gasteiger partial charge on any atom is -0.452 e. The molecular formula is C17H25NO3. The Labute approximate surface area is 127 Å². The summed E-state index contributed by atoms with van der Waals surface area (Å²) in [6.45, 7) is 6.44. The number of ether oxygens (including phenoxy) is 1. The van der Waals surface area contributed by atoms with Crippen LogP contribution in [-0.4, -0.2) is 31.1 Å². The van der Waals surface area contributed by atoms with E-state index in [9.17, 15) is 9.59 Å². The number of imide groups is 1. The number of benzene rings is 1. The summed E-state index contributed by atoms with van der Waals surface area (Å²) in [4.78, 5) is 24.1. The van der Waals surface area contributed by atoms with Crippen molar-refractivity contribution in [2.75, 3.05) is 14.2 Å². The van der Waals surface area contributed by atoms with Gasteiger partial charge >= 0.3 is 6.09 Å². The molecule has 0 saturated carbocycles. The molecule has 0 radical (unpaired) electrons. The molecule has 0 fully saturated rings. The van der Waals surface area contributed by atoms with Gasteiger partial charge in [-0.1, -0.05) is 37.6 Å². The van der Waals surface area contributed by atoms with E-state index in [1.54, 1.807) is 0 Å². The summed E-state index contributed by atoms with van der Waals surface area (Å²) in [5, 5.41) is 0. The maximum atomic E-state index is 11.8. The molecule has 0 unspecified atom stereocenters. The van der Waals surface area contributed by atoms with E-state index < -0.39 is 6.09 Å². The second-order valence-electron chi connectivity index (χ2n) is 5.68. The van der Waals surface area contributed by atoms with Crippen molar-refractivity contribution in [3.63, 3.8) is 0 Å². The van der Waals surface area contributed by atoms with Crippen LogP contribution < -0.4 is 0 Å². The van der Waals surface area contributed by atoms with E-state index in [0.717, 1.165) is 17.7 Å². The van der Waals surface area contributed by atoms with E-state index in [1.165, 1.54) is 30.8 Å². The van der Waals surface area contributed by atoms with Gasteiger partial charge in [0.15, 0.2) is 0 Å². The van der Waals surface area contributed by atoms with Crippen molar-refractivity contribution >= 4 is 12.0 Å². The third-order valence-corrected chi connectivity index (χ3v) is 3.50. The van der Waals surface area contributed by atoms with Crippen LogP contribution in [0, 0.1) is 6.92 Å². The second kappa shape index (κ2) is 7.81. The van der Waals surface area contributed by atoms with E-state index in [2.05, 4.69) is 43.7 Å². The van der Waals surface area contributed by atoms with Crippen LogP contribution in [0.2, 0.25) is 0 Å². The van der Waals surface area contributed by atoms with E-state index >= 15 is 0 Å². The highest BCUT2D eigenvalue weighted by Crippen LogP contribution is 2.19. The highest BCUT2D eigenvalue weighted by atomic mass is 16.5. The third kappa shape index (κ3) is 5.21. The largest absolute Gasteiger partial charge is 0.452 e. The van der Waals surface area contributed by atoms with Gasteiger partial charge in [-0.2, -0.15) is 0 Å². The van der Waals surface area contributed by atoms with E-state index in [0.29, 0.717) is 12.3 Å². The van der Waals surface area contributed by atoms with Gasteiger partial charge in [-0.25, -0.2) is 4.79 Å². The lowest BCUT2D eigenvalue weighted by molar-refractivity contribution is -0.128. The second-order valence-corrected chi connectivity index (χ2v) is 5.68.